The van der Waals surface area contributed by atoms with Crippen LogP contribution in [0.25, 0.3) is 11.4 Å². The molecule has 2 aromatic rings. The van der Waals surface area contributed by atoms with Crippen LogP contribution in [0.3, 0.4) is 0 Å². The Hall–Kier alpha value is -1.68. The summed E-state index contributed by atoms with van der Waals surface area (Å²) in [7, 11) is 2.21. The highest BCUT2D eigenvalue weighted by Crippen LogP contribution is 2.30. The van der Waals surface area contributed by atoms with Gasteiger partial charge in [-0.25, -0.2) is 4.98 Å². The van der Waals surface area contributed by atoms with Crippen LogP contribution in [0, 0.1) is 0 Å². The summed E-state index contributed by atoms with van der Waals surface area (Å²) in [5, 5.41) is 0. The minimum Gasteiger partial charge on any atom is -0.328 e. The Morgan fingerprint density at radius 2 is 2.00 bits per heavy atom. The molecule has 0 saturated carbocycles. The molecule has 0 N–H and O–H groups in total. The first kappa shape index (κ1) is 12.4. The van der Waals surface area contributed by atoms with Crippen molar-refractivity contribution in [3.63, 3.8) is 0 Å². The molecule has 0 aliphatic carbocycles. The van der Waals surface area contributed by atoms with E-state index in [-0.39, 0.29) is 0 Å². The van der Waals surface area contributed by atoms with E-state index in [2.05, 4.69) is 39.6 Å². The molecule has 1 aliphatic rings. The number of aromatic nitrogens is 3. The highest BCUT2D eigenvalue weighted by molar-refractivity contribution is 5.54. The number of hydrogen-bond acceptors (Lipinski definition) is 3. The molecular formula is C15H20N4. The lowest BCUT2D eigenvalue weighted by atomic mass is 9.98. The quantitative estimate of drug-likeness (QED) is 0.828. The van der Waals surface area contributed by atoms with E-state index in [4.69, 9.17) is 0 Å². The molecule has 100 valence electrons. The maximum atomic E-state index is 4.53. The lowest BCUT2D eigenvalue weighted by molar-refractivity contribution is 0.157. The van der Waals surface area contributed by atoms with Gasteiger partial charge in [-0.3, -0.25) is 4.98 Å². The van der Waals surface area contributed by atoms with Gasteiger partial charge in [-0.2, -0.15) is 0 Å². The Balaban J connectivity index is 1.89. The summed E-state index contributed by atoms with van der Waals surface area (Å²) >= 11 is 0. The van der Waals surface area contributed by atoms with E-state index < -0.39 is 0 Å². The normalized spacial score (nSPS) is 24.5. The van der Waals surface area contributed by atoms with Crippen molar-refractivity contribution < 1.29 is 0 Å². The second kappa shape index (κ2) is 5.13. The minimum atomic E-state index is 0.553. The van der Waals surface area contributed by atoms with Gasteiger partial charge in [0.05, 0.1) is 0 Å². The van der Waals surface area contributed by atoms with Crippen molar-refractivity contribution in [2.45, 2.75) is 31.8 Å². The van der Waals surface area contributed by atoms with Gasteiger partial charge in [-0.1, -0.05) is 0 Å². The molecule has 4 nitrogen and oxygen atoms in total. The molecule has 2 aromatic heterocycles. The van der Waals surface area contributed by atoms with Crippen LogP contribution in [-0.2, 0) is 0 Å². The lowest BCUT2D eigenvalue weighted by Crippen LogP contribution is -2.38. The Bertz CT molecular complexity index is 534. The van der Waals surface area contributed by atoms with Crippen molar-refractivity contribution in [1.29, 1.82) is 0 Å². The molecule has 3 rings (SSSR count). The third kappa shape index (κ3) is 2.40. The van der Waals surface area contributed by atoms with Gasteiger partial charge in [0.1, 0.15) is 5.82 Å². The zero-order valence-corrected chi connectivity index (χ0v) is 11.5. The number of rotatable bonds is 2. The van der Waals surface area contributed by atoms with E-state index in [0.717, 1.165) is 17.9 Å². The van der Waals surface area contributed by atoms with Crippen LogP contribution < -0.4 is 0 Å². The van der Waals surface area contributed by atoms with Crippen LogP contribution in [0.5, 0.6) is 0 Å². The summed E-state index contributed by atoms with van der Waals surface area (Å²) in [4.78, 5) is 11.0. The van der Waals surface area contributed by atoms with Crippen LogP contribution in [0.1, 0.15) is 25.8 Å². The predicted molar refractivity (Wildman–Crippen MR) is 75.8 cm³/mol. The van der Waals surface area contributed by atoms with Crippen LogP contribution >= 0.6 is 0 Å². The average molecular weight is 256 g/mol. The van der Waals surface area contributed by atoms with Crippen molar-refractivity contribution in [1.82, 2.24) is 19.4 Å². The largest absolute Gasteiger partial charge is 0.328 e. The number of pyridine rings is 1. The van der Waals surface area contributed by atoms with Gasteiger partial charge in [0.25, 0.3) is 0 Å². The smallest absolute Gasteiger partial charge is 0.140 e. The van der Waals surface area contributed by atoms with E-state index in [1.54, 1.807) is 0 Å². The SMILES string of the molecule is C[C@@H]1C[C@H](n2ccnc2-c2ccncc2)CCN1C. The van der Waals surface area contributed by atoms with Crippen LogP contribution in [0.15, 0.2) is 36.9 Å². The molecule has 0 aromatic carbocycles. The van der Waals surface area contributed by atoms with Gasteiger partial charge in [-0.15, -0.1) is 0 Å². The van der Waals surface area contributed by atoms with Crippen LogP contribution in [0.2, 0.25) is 0 Å². The van der Waals surface area contributed by atoms with E-state index in [0.29, 0.717) is 12.1 Å². The number of likely N-dealkylation sites (tertiary alicyclic amines) is 1. The summed E-state index contributed by atoms with van der Waals surface area (Å²) in [6.07, 6.45) is 10.0. The first-order valence-electron chi connectivity index (χ1n) is 6.89. The summed E-state index contributed by atoms with van der Waals surface area (Å²) in [5.74, 6) is 1.06. The van der Waals surface area contributed by atoms with Gasteiger partial charge in [0, 0.05) is 49.0 Å². The van der Waals surface area contributed by atoms with E-state index in [1.165, 1.54) is 12.8 Å². The molecule has 0 amide bonds. The standard InChI is InChI=1S/C15H20N4/c1-12-11-14(5-9-18(12)2)19-10-8-17-15(19)13-3-6-16-7-4-13/h3-4,6-8,10,12,14H,5,9,11H2,1-2H3/t12-,14-/m1/s1. The molecule has 0 spiro atoms. The summed E-state index contributed by atoms with van der Waals surface area (Å²) in [6.45, 7) is 3.45. The summed E-state index contributed by atoms with van der Waals surface area (Å²) in [5.41, 5.74) is 1.14. The first-order valence-corrected chi connectivity index (χ1v) is 6.89. The predicted octanol–water partition coefficient (Wildman–Crippen LogP) is 2.60. The molecule has 4 heteroatoms. The van der Waals surface area contributed by atoms with Gasteiger partial charge in [0.15, 0.2) is 0 Å². The molecule has 0 unspecified atom stereocenters. The second-order valence-electron chi connectivity index (χ2n) is 5.40. The Morgan fingerprint density at radius 1 is 1.21 bits per heavy atom. The number of hydrogen-bond donors (Lipinski definition) is 0. The van der Waals surface area contributed by atoms with Crippen molar-refractivity contribution in [2.75, 3.05) is 13.6 Å². The second-order valence-corrected chi connectivity index (χ2v) is 5.40. The lowest BCUT2D eigenvalue weighted by Gasteiger charge is -2.36. The van der Waals surface area contributed by atoms with Gasteiger partial charge in [0.2, 0.25) is 0 Å². The van der Waals surface area contributed by atoms with E-state index in [9.17, 15) is 0 Å². The molecule has 0 radical (unpaired) electrons. The van der Waals surface area contributed by atoms with Gasteiger partial charge in [-0.05, 0) is 38.9 Å². The van der Waals surface area contributed by atoms with Gasteiger partial charge < -0.3 is 9.47 Å². The zero-order valence-electron chi connectivity index (χ0n) is 11.5. The monoisotopic (exact) mass is 256 g/mol. The highest BCUT2D eigenvalue weighted by atomic mass is 15.2. The Morgan fingerprint density at radius 3 is 2.74 bits per heavy atom. The van der Waals surface area contributed by atoms with E-state index >= 15 is 0 Å². The van der Waals surface area contributed by atoms with Crippen molar-refractivity contribution in [3.05, 3.63) is 36.9 Å². The molecule has 0 bridgehead atoms. The Labute approximate surface area is 114 Å². The third-order valence-corrected chi connectivity index (χ3v) is 4.18. The maximum absolute atomic E-state index is 4.53. The van der Waals surface area contributed by atoms with Crippen molar-refractivity contribution >= 4 is 0 Å². The average Bonchev–Trinajstić information content (AvgIpc) is 2.92. The first-order chi connectivity index (χ1) is 9.25. The van der Waals surface area contributed by atoms with Gasteiger partial charge >= 0.3 is 0 Å². The fraction of sp³-hybridized carbons (Fsp3) is 0.467. The summed E-state index contributed by atoms with van der Waals surface area (Å²) < 4.78 is 2.33. The molecule has 2 atom stereocenters. The minimum absolute atomic E-state index is 0.553. The molecular weight excluding hydrogens is 236 g/mol. The molecule has 1 fully saturated rings. The van der Waals surface area contributed by atoms with E-state index in [1.807, 2.05) is 30.7 Å². The molecule has 1 aliphatic heterocycles. The fourth-order valence-corrected chi connectivity index (χ4v) is 2.85. The topological polar surface area (TPSA) is 34.0 Å². The number of piperidine rings is 1. The maximum Gasteiger partial charge on any atom is 0.140 e. The Kier molecular flexibility index (Phi) is 3.34. The van der Waals surface area contributed by atoms with Crippen LogP contribution in [-0.4, -0.2) is 39.1 Å². The zero-order chi connectivity index (χ0) is 13.2. The molecule has 3 heterocycles. The van der Waals surface area contributed by atoms with Crippen LogP contribution in [0.4, 0.5) is 0 Å². The molecule has 19 heavy (non-hydrogen) atoms. The van der Waals surface area contributed by atoms with Crippen molar-refractivity contribution in [2.24, 2.45) is 0 Å². The fourth-order valence-electron chi connectivity index (χ4n) is 2.85. The summed E-state index contributed by atoms with van der Waals surface area (Å²) in [6, 6.07) is 5.23. The molecule has 1 saturated heterocycles. The number of imidazole rings is 1. The number of nitrogens with zero attached hydrogens (tertiary/aromatic N) is 4. The highest BCUT2D eigenvalue weighted by Gasteiger charge is 2.25. The third-order valence-electron chi connectivity index (χ3n) is 4.18. The van der Waals surface area contributed by atoms with Crippen molar-refractivity contribution in [3.8, 4) is 11.4 Å².